The number of aromatic nitrogens is 4. The van der Waals surface area contributed by atoms with Crippen LogP contribution in [0, 0.1) is 0 Å². The maximum absolute atomic E-state index is 4.25. The van der Waals surface area contributed by atoms with E-state index in [-0.39, 0.29) is 0 Å². The lowest BCUT2D eigenvalue weighted by Gasteiger charge is -2.03. The minimum Gasteiger partial charge on any atom is -0.313 e. The van der Waals surface area contributed by atoms with Crippen molar-refractivity contribution in [3.8, 4) is 5.82 Å². The largest absolute Gasteiger partial charge is 0.313 e. The molecule has 1 N–H and O–H groups in total. The summed E-state index contributed by atoms with van der Waals surface area (Å²) in [5, 5.41) is 7.15. The molecule has 0 aliphatic rings. The van der Waals surface area contributed by atoms with E-state index < -0.39 is 0 Å². The molecular formula is C9H10BrN5. The van der Waals surface area contributed by atoms with Crippen molar-refractivity contribution in [2.45, 2.75) is 6.54 Å². The van der Waals surface area contributed by atoms with Crippen molar-refractivity contribution in [2.75, 3.05) is 7.05 Å². The lowest BCUT2D eigenvalue weighted by Crippen LogP contribution is -2.12. The van der Waals surface area contributed by atoms with Crippen molar-refractivity contribution < 1.29 is 0 Å². The van der Waals surface area contributed by atoms with Crippen molar-refractivity contribution >= 4 is 15.9 Å². The Morgan fingerprint density at radius 2 is 2.27 bits per heavy atom. The van der Waals surface area contributed by atoms with Gasteiger partial charge in [0.15, 0.2) is 5.82 Å². The number of hydrogen-bond acceptors (Lipinski definition) is 4. The van der Waals surface area contributed by atoms with Gasteiger partial charge in [-0.2, -0.15) is 9.78 Å². The molecule has 0 aliphatic carbocycles. The van der Waals surface area contributed by atoms with E-state index in [0.29, 0.717) is 6.54 Å². The summed E-state index contributed by atoms with van der Waals surface area (Å²) in [6, 6.07) is 3.81. The normalized spacial score (nSPS) is 10.5. The third-order valence-electron chi connectivity index (χ3n) is 1.88. The van der Waals surface area contributed by atoms with Crippen molar-refractivity contribution in [2.24, 2.45) is 0 Å². The molecule has 2 rings (SSSR count). The molecule has 5 nitrogen and oxygen atoms in total. The van der Waals surface area contributed by atoms with Crippen LogP contribution in [0.2, 0.25) is 0 Å². The zero-order valence-electron chi connectivity index (χ0n) is 8.18. The quantitative estimate of drug-likeness (QED) is 0.907. The van der Waals surface area contributed by atoms with E-state index in [1.807, 2.05) is 19.2 Å². The second kappa shape index (κ2) is 4.50. The summed E-state index contributed by atoms with van der Waals surface area (Å²) >= 11 is 3.34. The third-order valence-corrected chi connectivity index (χ3v) is 2.35. The van der Waals surface area contributed by atoms with Gasteiger partial charge in [-0.05, 0) is 35.1 Å². The smallest absolute Gasteiger partial charge is 0.155 e. The highest BCUT2D eigenvalue weighted by molar-refractivity contribution is 9.10. The number of pyridine rings is 1. The highest BCUT2D eigenvalue weighted by Gasteiger charge is 2.05. The van der Waals surface area contributed by atoms with E-state index in [9.17, 15) is 0 Å². The van der Waals surface area contributed by atoms with Crippen molar-refractivity contribution in [3.05, 3.63) is 35.0 Å². The molecule has 0 unspecified atom stereocenters. The van der Waals surface area contributed by atoms with Gasteiger partial charge in [0.1, 0.15) is 12.2 Å². The molecule has 78 valence electrons. The fourth-order valence-electron chi connectivity index (χ4n) is 1.23. The molecule has 0 saturated carbocycles. The minimum atomic E-state index is 0.664. The Bertz CT molecular complexity index is 436. The molecule has 0 aliphatic heterocycles. The van der Waals surface area contributed by atoms with Crippen LogP contribution >= 0.6 is 15.9 Å². The Morgan fingerprint density at radius 1 is 1.40 bits per heavy atom. The first kappa shape index (κ1) is 10.3. The summed E-state index contributed by atoms with van der Waals surface area (Å²) < 4.78 is 2.66. The highest BCUT2D eigenvalue weighted by atomic mass is 79.9. The fraction of sp³-hybridized carbons (Fsp3) is 0.222. The van der Waals surface area contributed by atoms with Crippen LogP contribution in [0.1, 0.15) is 5.82 Å². The van der Waals surface area contributed by atoms with Crippen LogP contribution in [0.4, 0.5) is 0 Å². The van der Waals surface area contributed by atoms with E-state index in [0.717, 1.165) is 16.1 Å². The first-order valence-electron chi connectivity index (χ1n) is 4.46. The summed E-state index contributed by atoms with van der Waals surface area (Å²) in [6.45, 7) is 0.664. The molecule has 2 aromatic rings. The Hall–Kier alpha value is -1.27. The Balaban J connectivity index is 2.36. The van der Waals surface area contributed by atoms with Gasteiger partial charge in [0.2, 0.25) is 0 Å². The lowest BCUT2D eigenvalue weighted by molar-refractivity contribution is 0.702. The van der Waals surface area contributed by atoms with Crippen LogP contribution in [0.5, 0.6) is 0 Å². The van der Waals surface area contributed by atoms with Crippen molar-refractivity contribution in [1.29, 1.82) is 0 Å². The SMILES string of the molecule is CNCc1ncnn1-c1ccc(Br)cn1. The van der Waals surface area contributed by atoms with Crippen molar-refractivity contribution in [3.63, 3.8) is 0 Å². The lowest BCUT2D eigenvalue weighted by atomic mass is 10.4. The number of nitrogens with one attached hydrogen (secondary N) is 1. The average molecular weight is 268 g/mol. The van der Waals surface area contributed by atoms with Crippen LogP contribution < -0.4 is 5.32 Å². The topological polar surface area (TPSA) is 55.6 Å². The molecule has 0 amide bonds. The van der Waals surface area contributed by atoms with Gasteiger partial charge in [-0.3, -0.25) is 0 Å². The zero-order chi connectivity index (χ0) is 10.7. The van der Waals surface area contributed by atoms with E-state index in [1.54, 1.807) is 10.9 Å². The van der Waals surface area contributed by atoms with Crippen LogP contribution in [-0.2, 0) is 6.54 Å². The molecule has 6 heteroatoms. The standard InChI is InChI=1S/C9H10BrN5/c1-11-5-9-13-6-14-15(9)8-3-2-7(10)4-12-8/h2-4,6,11H,5H2,1H3. The van der Waals surface area contributed by atoms with E-state index in [1.165, 1.54) is 6.33 Å². The van der Waals surface area contributed by atoms with Gasteiger partial charge < -0.3 is 5.32 Å². The van der Waals surface area contributed by atoms with E-state index in [2.05, 4.69) is 36.3 Å². The Morgan fingerprint density at radius 3 is 2.93 bits per heavy atom. The molecule has 0 fully saturated rings. The van der Waals surface area contributed by atoms with Crippen LogP contribution in [-0.4, -0.2) is 26.8 Å². The molecule has 0 bridgehead atoms. The molecule has 2 heterocycles. The monoisotopic (exact) mass is 267 g/mol. The second-order valence-corrected chi connectivity index (χ2v) is 3.87. The number of hydrogen-bond donors (Lipinski definition) is 1. The minimum absolute atomic E-state index is 0.664. The summed E-state index contributed by atoms with van der Waals surface area (Å²) in [5.74, 6) is 1.60. The molecule has 0 aromatic carbocycles. The predicted molar refractivity (Wildman–Crippen MR) is 59.6 cm³/mol. The molecule has 15 heavy (non-hydrogen) atoms. The summed E-state index contributed by atoms with van der Waals surface area (Å²) in [7, 11) is 1.87. The molecule has 0 atom stereocenters. The predicted octanol–water partition coefficient (Wildman–Crippen LogP) is 1.14. The van der Waals surface area contributed by atoms with Gasteiger partial charge in [0.05, 0.1) is 6.54 Å². The van der Waals surface area contributed by atoms with Crippen LogP contribution in [0.3, 0.4) is 0 Å². The number of halogens is 1. The van der Waals surface area contributed by atoms with Gasteiger partial charge in [-0.25, -0.2) is 9.97 Å². The van der Waals surface area contributed by atoms with Crippen molar-refractivity contribution in [1.82, 2.24) is 25.1 Å². The third kappa shape index (κ3) is 2.21. The Kier molecular flexibility index (Phi) is 3.08. The van der Waals surface area contributed by atoms with Gasteiger partial charge in [0, 0.05) is 10.7 Å². The first-order chi connectivity index (χ1) is 7.31. The molecule has 0 saturated heterocycles. The fourth-order valence-corrected chi connectivity index (χ4v) is 1.46. The maximum atomic E-state index is 4.25. The maximum Gasteiger partial charge on any atom is 0.155 e. The first-order valence-corrected chi connectivity index (χ1v) is 5.26. The summed E-state index contributed by atoms with van der Waals surface area (Å²) in [4.78, 5) is 8.39. The summed E-state index contributed by atoms with van der Waals surface area (Å²) in [5.41, 5.74) is 0. The molecular weight excluding hydrogens is 258 g/mol. The second-order valence-electron chi connectivity index (χ2n) is 2.95. The Labute approximate surface area is 95.7 Å². The zero-order valence-corrected chi connectivity index (χ0v) is 9.77. The van der Waals surface area contributed by atoms with E-state index >= 15 is 0 Å². The number of rotatable bonds is 3. The molecule has 2 aromatic heterocycles. The highest BCUT2D eigenvalue weighted by Crippen LogP contribution is 2.10. The van der Waals surface area contributed by atoms with Crippen LogP contribution in [0.25, 0.3) is 5.82 Å². The van der Waals surface area contributed by atoms with Crippen LogP contribution in [0.15, 0.2) is 29.1 Å². The van der Waals surface area contributed by atoms with Gasteiger partial charge in [-0.15, -0.1) is 0 Å². The van der Waals surface area contributed by atoms with Gasteiger partial charge >= 0.3 is 0 Å². The number of nitrogens with zero attached hydrogens (tertiary/aromatic N) is 4. The summed E-state index contributed by atoms with van der Waals surface area (Å²) in [6.07, 6.45) is 3.26. The van der Waals surface area contributed by atoms with Gasteiger partial charge in [0.25, 0.3) is 0 Å². The van der Waals surface area contributed by atoms with E-state index in [4.69, 9.17) is 0 Å². The average Bonchev–Trinajstić information content (AvgIpc) is 2.68. The van der Waals surface area contributed by atoms with Gasteiger partial charge in [-0.1, -0.05) is 0 Å². The molecule has 0 spiro atoms. The molecule has 0 radical (unpaired) electrons.